The van der Waals surface area contributed by atoms with E-state index in [9.17, 15) is 10.5 Å². The molecule has 0 aromatic heterocycles. The molecule has 1 N–H and O–H groups in total. The predicted molar refractivity (Wildman–Crippen MR) is 95.8 cm³/mol. The first-order chi connectivity index (χ1) is 11.7. The lowest BCUT2D eigenvalue weighted by molar-refractivity contribution is 0.0105. The lowest BCUT2D eigenvalue weighted by Crippen LogP contribution is -2.24. The topological polar surface area (TPSA) is 75.2 Å². The van der Waals surface area contributed by atoms with Gasteiger partial charge in [-0.25, -0.2) is 10.1 Å². The SMILES string of the molecule is CCN(CC)CCCN=C1N=CC(=C2C=CN(O)C=C2)C=C1C#N. The fourth-order valence-electron chi connectivity index (χ4n) is 2.45. The second-order valence-corrected chi connectivity index (χ2v) is 5.44. The van der Waals surface area contributed by atoms with E-state index in [0.717, 1.165) is 42.3 Å². The Morgan fingerprint density at radius 1 is 1.25 bits per heavy atom. The van der Waals surface area contributed by atoms with E-state index < -0.39 is 0 Å². The van der Waals surface area contributed by atoms with Crippen LogP contribution in [-0.4, -0.2) is 53.4 Å². The highest BCUT2D eigenvalue weighted by molar-refractivity contribution is 6.12. The third-order valence-electron chi connectivity index (χ3n) is 3.92. The van der Waals surface area contributed by atoms with Crippen LogP contribution in [0.25, 0.3) is 0 Å². The highest BCUT2D eigenvalue weighted by Crippen LogP contribution is 2.18. The maximum atomic E-state index is 9.35. The molecule has 0 amide bonds. The van der Waals surface area contributed by atoms with Gasteiger partial charge in [0.05, 0.1) is 5.57 Å². The fraction of sp³-hybridized carbons (Fsp3) is 0.389. The van der Waals surface area contributed by atoms with Gasteiger partial charge in [0, 0.05) is 30.7 Å². The molecule has 2 heterocycles. The zero-order chi connectivity index (χ0) is 17.4. The van der Waals surface area contributed by atoms with Crippen molar-refractivity contribution < 1.29 is 5.21 Å². The molecule has 126 valence electrons. The molecule has 2 aliphatic rings. The maximum absolute atomic E-state index is 9.35. The average Bonchev–Trinajstić information content (AvgIpc) is 2.62. The van der Waals surface area contributed by atoms with Crippen molar-refractivity contribution in [2.75, 3.05) is 26.2 Å². The monoisotopic (exact) mass is 325 g/mol. The predicted octanol–water partition coefficient (Wildman–Crippen LogP) is 2.68. The van der Waals surface area contributed by atoms with Crippen LogP contribution in [0.1, 0.15) is 20.3 Å². The van der Waals surface area contributed by atoms with E-state index in [4.69, 9.17) is 0 Å². The van der Waals surface area contributed by atoms with Crippen molar-refractivity contribution in [2.24, 2.45) is 9.98 Å². The van der Waals surface area contributed by atoms with Crippen molar-refractivity contribution >= 4 is 12.1 Å². The number of nitrogens with zero attached hydrogens (tertiary/aromatic N) is 5. The zero-order valence-electron chi connectivity index (χ0n) is 14.2. The first-order valence-corrected chi connectivity index (χ1v) is 8.18. The highest BCUT2D eigenvalue weighted by Gasteiger charge is 2.13. The quantitative estimate of drug-likeness (QED) is 0.762. The van der Waals surface area contributed by atoms with E-state index in [-0.39, 0.29) is 0 Å². The fourth-order valence-corrected chi connectivity index (χ4v) is 2.45. The second-order valence-electron chi connectivity index (χ2n) is 5.44. The minimum atomic E-state index is 0.469. The van der Waals surface area contributed by atoms with E-state index in [0.29, 0.717) is 18.0 Å². The lowest BCUT2D eigenvalue weighted by atomic mass is 10.0. The molecular weight excluding hydrogens is 302 g/mol. The summed E-state index contributed by atoms with van der Waals surface area (Å²) in [5.74, 6) is 0.494. The molecule has 0 atom stereocenters. The Labute approximate surface area is 143 Å². The van der Waals surface area contributed by atoms with Gasteiger partial charge in [-0.15, -0.1) is 0 Å². The Morgan fingerprint density at radius 3 is 2.58 bits per heavy atom. The number of hydroxylamine groups is 2. The summed E-state index contributed by atoms with van der Waals surface area (Å²) in [5.41, 5.74) is 2.18. The molecule has 0 radical (unpaired) electrons. The molecule has 0 unspecified atom stereocenters. The number of aliphatic imine (C=N–C) groups is 2. The average molecular weight is 325 g/mol. The largest absolute Gasteiger partial charge is 0.304 e. The van der Waals surface area contributed by atoms with Crippen LogP contribution in [-0.2, 0) is 0 Å². The molecule has 0 fully saturated rings. The Hall–Kier alpha value is -2.49. The summed E-state index contributed by atoms with van der Waals surface area (Å²) < 4.78 is 0. The van der Waals surface area contributed by atoms with E-state index in [2.05, 4.69) is 34.8 Å². The first-order valence-electron chi connectivity index (χ1n) is 8.18. The van der Waals surface area contributed by atoms with Crippen LogP contribution in [0.5, 0.6) is 0 Å². The first kappa shape index (κ1) is 17.9. The molecular formula is C18H23N5O. The number of allylic oxidation sites excluding steroid dienone is 5. The number of rotatable bonds is 6. The summed E-state index contributed by atoms with van der Waals surface area (Å²) in [6, 6.07) is 2.17. The van der Waals surface area contributed by atoms with Crippen LogP contribution in [0.3, 0.4) is 0 Å². The smallest absolute Gasteiger partial charge is 0.165 e. The van der Waals surface area contributed by atoms with Crippen LogP contribution in [0.15, 0.2) is 57.3 Å². The van der Waals surface area contributed by atoms with Crippen LogP contribution in [0.4, 0.5) is 0 Å². The van der Waals surface area contributed by atoms with E-state index >= 15 is 0 Å². The molecule has 2 rings (SSSR count). The van der Waals surface area contributed by atoms with E-state index in [1.807, 2.05) is 0 Å². The molecule has 0 aromatic carbocycles. The number of nitriles is 1. The minimum Gasteiger partial charge on any atom is -0.304 e. The van der Waals surface area contributed by atoms with E-state index in [1.54, 1.807) is 24.4 Å². The van der Waals surface area contributed by atoms with Crippen LogP contribution < -0.4 is 0 Å². The van der Waals surface area contributed by atoms with Crippen LogP contribution in [0, 0.1) is 11.3 Å². The van der Waals surface area contributed by atoms with Gasteiger partial charge in [0.2, 0.25) is 0 Å². The highest BCUT2D eigenvalue weighted by atomic mass is 16.5. The van der Waals surface area contributed by atoms with Gasteiger partial charge in [-0.3, -0.25) is 10.2 Å². The van der Waals surface area contributed by atoms with Gasteiger partial charge in [-0.05, 0) is 49.9 Å². The Bertz CT molecular complexity index is 656. The molecule has 6 heteroatoms. The van der Waals surface area contributed by atoms with E-state index in [1.165, 1.54) is 12.4 Å². The minimum absolute atomic E-state index is 0.469. The molecule has 6 nitrogen and oxygen atoms in total. The molecule has 2 aliphatic heterocycles. The third-order valence-corrected chi connectivity index (χ3v) is 3.92. The molecule has 0 bridgehead atoms. The van der Waals surface area contributed by atoms with Gasteiger partial charge in [-0.2, -0.15) is 5.26 Å². The van der Waals surface area contributed by atoms with Gasteiger partial charge in [-0.1, -0.05) is 13.8 Å². The molecule has 0 aromatic rings. The van der Waals surface area contributed by atoms with Gasteiger partial charge in [0.1, 0.15) is 6.07 Å². The standard InChI is InChI=1S/C18H23N5O/c1-3-22(4-2)9-5-8-20-18-16(13-19)12-17(14-21-18)15-6-10-23(24)11-7-15/h6-7,10-12,14,24H,3-5,8-9H2,1-2H3. The number of hydrogen-bond donors (Lipinski definition) is 1. The van der Waals surface area contributed by atoms with Crippen molar-refractivity contribution in [1.29, 1.82) is 5.26 Å². The van der Waals surface area contributed by atoms with Crippen molar-refractivity contribution in [3.8, 4) is 6.07 Å². The normalized spacial score (nSPS) is 18.5. The summed E-state index contributed by atoms with van der Waals surface area (Å²) in [4.78, 5) is 11.1. The van der Waals surface area contributed by atoms with Crippen LogP contribution in [0.2, 0.25) is 0 Å². The summed E-state index contributed by atoms with van der Waals surface area (Å²) in [5, 5.41) is 19.6. The van der Waals surface area contributed by atoms with Gasteiger partial charge in [0.15, 0.2) is 5.84 Å². The van der Waals surface area contributed by atoms with Crippen LogP contribution >= 0.6 is 0 Å². The number of dihydropyridines is 1. The molecule has 24 heavy (non-hydrogen) atoms. The number of hydrogen-bond acceptors (Lipinski definition) is 5. The second kappa shape index (κ2) is 8.96. The van der Waals surface area contributed by atoms with Gasteiger partial charge < -0.3 is 4.90 Å². The molecule has 0 saturated carbocycles. The number of amidine groups is 1. The van der Waals surface area contributed by atoms with Crippen molar-refractivity contribution in [3.05, 3.63) is 47.3 Å². The van der Waals surface area contributed by atoms with Crippen molar-refractivity contribution in [3.63, 3.8) is 0 Å². The summed E-state index contributed by atoms with van der Waals surface area (Å²) >= 11 is 0. The molecule has 0 aliphatic carbocycles. The molecule has 0 spiro atoms. The summed E-state index contributed by atoms with van der Waals surface area (Å²) in [6.45, 7) is 8.04. The zero-order valence-corrected chi connectivity index (χ0v) is 14.2. The Morgan fingerprint density at radius 2 is 1.96 bits per heavy atom. The van der Waals surface area contributed by atoms with Gasteiger partial charge in [0.25, 0.3) is 0 Å². The Balaban J connectivity index is 2.04. The third kappa shape index (κ3) is 4.75. The van der Waals surface area contributed by atoms with Gasteiger partial charge >= 0.3 is 0 Å². The maximum Gasteiger partial charge on any atom is 0.165 e. The van der Waals surface area contributed by atoms with Crippen molar-refractivity contribution in [1.82, 2.24) is 9.96 Å². The lowest BCUT2D eigenvalue weighted by Gasteiger charge is -2.17. The molecule has 0 saturated heterocycles. The van der Waals surface area contributed by atoms with Crippen molar-refractivity contribution in [2.45, 2.75) is 20.3 Å². The summed E-state index contributed by atoms with van der Waals surface area (Å²) in [7, 11) is 0. The summed E-state index contributed by atoms with van der Waals surface area (Å²) in [6.07, 6.45) is 11.0. The Kier molecular flexibility index (Phi) is 6.67.